The monoisotopic (exact) mass is 410 g/mol. The first-order chi connectivity index (χ1) is 13.6. The van der Waals surface area contributed by atoms with Crippen LogP contribution in [0.1, 0.15) is 47.6 Å². The Morgan fingerprint density at radius 1 is 1.38 bits per heavy atom. The summed E-state index contributed by atoms with van der Waals surface area (Å²) in [5.74, 6) is 1.23. The van der Waals surface area contributed by atoms with Crippen molar-refractivity contribution in [3.05, 3.63) is 40.8 Å². The molecule has 1 aliphatic rings. The van der Waals surface area contributed by atoms with Crippen LogP contribution >= 0.6 is 0 Å². The maximum Gasteiger partial charge on any atom is 0.436 e. The van der Waals surface area contributed by atoms with Crippen molar-refractivity contribution in [3.63, 3.8) is 0 Å². The Balaban J connectivity index is 1.79. The van der Waals surface area contributed by atoms with Gasteiger partial charge in [0.2, 0.25) is 0 Å². The van der Waals surface area contributed by atoms with Crippen molar-refractivity contribution in [2.45, 2.75) is 39.9 Å². The molecule has 0 aliphatic heterocycles. The summed E-state index contributed by atoms with van der Waals surface area (Å²) < 4.78 is 45.6. The highest BCUT2D eigenvalue weighted by Crippen LogP contribution is 2.38. The van der Waals surface area contributed by atoms with Gasteiger partial charge in [-0.1, -0.05) is 13.0 Å². The van der Waals surface area contributed by atoms with Crippen LogP contribution in [-0.2, 0) is 17.5 Å². The number of pyridine rings is 1. The summed E-state index contributed by atoms with van der Waals surface area (Å²) in [5, 5.41) is 3.59. The summed E-state index contributed by atoms with van der Waals surface area (Å²) in [5.41, 5.74) is -0.384. The molecular weight excluding hydrogens is 385 g/mol. The number of esters is 1. The van der Waals surface area contributed by atoms with E-state index in [0.717, 1.165) is 34.7 Å². The molecule has 2 aromatic rings. The second kappa shape index (κ2) is 8.04. The summed E-state index contributed by atoms with van der Waals surface area (Å²) in [6.07, 6.45) is -2.44. The van der Waals surface area contributed by atoms with Gasteiger partial charge in [-0.25, -0.2) is 9.78 Å². The van der Waals surface area contributed by atoms with Crippen molar-refractivity contribution in [1.82, 2.24) is 14.8 Å². The number of alkyl halides is 3. The minimum absolute atomic E-state index is 0.0149. The lowest BCUT2D eigenvalue weighted by Crippen LogP contribution is -2.22. The molecule has 2 unspecified atom stereocenters. The Bertz CT molecular complexity index is 894. The zero-order valence-corrected chi connectivity index (χ0v) is 17.0. The third-order valence-corrected chi connectivity index (χ3v) is 5.21. The number of aromatic nitrogens is 3. The summed E-state index contributed by atoms with van der Waals surface area (Å²) in [4.78, 5) is 18.6. The SMILES string of the molecule is CCOC(=O)c1cn(Cc2ccc(N(C)CC3CC3C)nc2C)nc1C(F)(F)F. The van der Waals surface area contributed by atoms with E-state index in [0.29, 0.717) is 11.6 Å². The number of carbonyl (C=O) groups is 1. The lowest BCUT2D eigenvalue weighted by Gasteiger charge is -2.19. The number of halogens is 3. The number of aryl methyl sites for hydroxylation is 1. The molecule has 0 amide bonds. The van der Waals surface area contributed by atoms with Crippen LogP contribution in [0.25, 0.3) is 0 Å². The Labute approximate surface area is 167 Å². The van der Waals surface area contributed by atoms with Gasteiger partial charge in [0.1, 0.15) is 11.4 Å². The van der Waals surface area contributed by atoms with Crippen molar-refractivity contribution < 1.29 is 22.7 Å². The minimum Gasteiger partial charge on any atom is -0.462 e. The average Bonchev–Trinajstić information content (AvgIpc) is 3.15. The molecule has 0 N–H and O–H groups in total. The van der Waals surface area contributed by atoms with Gasteiger partial charge in [0, 0.05) is 25.5 Å². The van der Waals surface area contributed by atoms with E-state index in [1.54, 1.807) is 0 Å². The highest BCUT2D eigenvalue weighted by molar-refractivity contribution is 5.90. The van der Waals surface area contributed by atoms with Crippen molar-refractivity contribution in [2.75, 3.05) is 25.1 Å². The second-order valence-corrected chi connectivity index (χ2v) is 7.57. The third-order valence-electron chi connectivity index (χ3n) is 5.21. The van der Waals surface area contributed by atoms with Crippen LogP contribution < -0.4 is 4.90 Å². The summed E-state index contributed by atoms with van der Waals surface area (Å²) in [7, 11) is 1.99. The van der Waals surface area contributed by atoms with Gasteiger partial charge in [0.25, 0.3) is 0 Å². The number of hydrogen-bond donors (Lipinski definition) is 0. The lowest BCUT2D eigenvalue weighted by atomic mass is 10.2. The zero-order chi connectivity index (χ0) is 21.3. The molecule has 2 aromatic heterocycles. The summed E-state index contributed by atoms with van der Waals surface area (Å²) in [6.45, 7) is 6.57. The van der Waals surface area contributed by atoms with Crippen LogP contribution in [0, 0.1) is 18.8 Å². The van der Waals surface area contributed by atoms with E-state index in [4.69, 9.17) is 4.74 Å². The zero-order valence-electron chi connectivity index (χ0n) is 17.0. The number of nitrogens with zero attached hydrogens (tertiary/aromatic N) is 4. The van der Waals surface area contributed by atoms with E-state index >= 15 is 0 Å². The largest absolute Gasteiger partial charge is 0.462 e. The first kappa shape index (κ1) is 21.1. The van der Waals surface area contributed by atoms with Crippen LogP contribution in [0.3, 0.4) is 0 Å². The smallest absolute Gasteiger partial charge is 0.436 e. The molecule has 0 radical (unpaired) electrons. The second-order valence-electron chi connectivity index (χ2n) is 7.57. The Morgan fingerprint density at radius 2 is 2.07 bits per heavy atom. The van der Waals surface area contributed by atoms with E-state index in [1.165, 1.54) is 13.3 Å². The molecule has 6 nitrogen and oxygen atoms in total. The van der Waals surface area contributed by atoms with Crippen LogP contribution in [0.4, 0.5) is 19.0 Å². The molecule has 0 bridgehead atoms. The molecular formula is C20H25F3N4O2. The van der Waals surface area contributed by atoms with Crippen molar-refractivity contribution >= 4 is 11.8 Å². The van der Waals surface area contributed by atoms with Crippen molar-refractivity contribution in [1.29, 1.82) is 0 Å². The summed E-state index contributed by atoms with van der Waals surface area (Å²) in [6, 6.07) is 3.69. The van der Waals surface area contributed by atoms with Gasteiger partial charge >= 0.3 is 12.1 Å². The molecule has 0 aromatic carbocycles. The Morgan fingerprint density at radius 3 is 2.62 bits per heavy atom. The van der Waals surface area contributed by atoms with E-state index in [1.807, 2.05) is 26.1 Å². The van der Waals surface area contributed by atoms with Gasteiger partial charge in [-0.2, -0.15) is 18.3 Å². The Hall–Kier alpha value is -2.58. The van der Waals surface area contributed by atoms with E-state index < -0.39 is 23.4 Å². The average molecular weight is 410 g/mol. The highest BCUT2D eigenvalue weighted by atomic mass is 19.4. The number of ether oxygens (including phenoxy) is 1. The fourth-order valence-corrected chi connectivity index (χ4v) is 3.30. The van der Waals surface area contributed by atoms with Gasteiger partial charge in [0.05, 0.1) is 13.2 Å². The first-order valence-corrected chi connectivity index (χ1v) is 9.59. The van der Waals surface area contributed by atoms with E-state index in [2.05, 4.69) is 21.9 Å². The predicted octanol–water partition coefficient (Wildman–Crippen LogP) is 3.92. The van der Waals surface area contributed by atoms with E-state index in [9.17, 15) is 18.0 Å². The number of hydrogen-bond acceptors (Lipinski definition) is 5. The topological polar surface area (TPSA) is 60.2 Å². The van der Waals surface area contributed by atoms with Crippen molar-refractivity contribution in [2.24, 2.45) is 11.8 Å². The van der Waals surface area contributed by atoms with Gasteiger partial charge in [-0.3, -0.25) is 4.68 Å². The minimum atomic E-state index is -4.74. The molecule has 1 aliphatic carbocycles. The van der Waals surface area contributed by atoms with Gasteiger partial charge < -0.3 is 9.64 Å². The number of rotatable bonds is 7. The van der Waals surface area contributed by atoms with E-state index in [-0.39, 0.29) is 13.2 Å². The third kappa shape index (κ3) is 4.89. The molecule has 1 saturated carbocycles. The molecule has 3 rings (SSSR count). The number of carbonyl (C=O) groups excluding carboxylic acids is 1. The molecule has 2 heterocycles. The van der Waals surface area contributed by atoms with Crippen molar-refractivity contribution in [3.8, 4) is 0 Å². The first-order valence-electron chi connectivity index (χ1n) is 9.59. The maximum atomic E-state index is 13.3. The predicted molar refractivity (Wildman–Crippen MR) is 102 cm³/mol. The van der Waals surface area contributed by atoms with Crippen LogP contribution in [0.5, 0.6) is 0 Å². The number of anilines is 1. The van der Waals surface area contributed by atoms with Gasteiger partial charge in [0.15, 0.2) is 5.69 Å². The fourth-order valence-electron chi connectivity index (χ4n) is 3.30. The molecule has 2 atom stereocenters. The molecule has 158 valence electrons. The molecule has 0 saturated heterocycles. The van der Waals surface area contributed by atoms with Crippen LogP contribution in [-0.4, -0.2) is 40.9 Å². The molecule has 1 fully saturated rings. The molecule has 29 heavy (non-hydrogen) atoms. The normalized spacial score (nSPS) is 18.6. The van der Waals surface area contributed by atoms with Gasteiger partial charge in [-0.15, -0.1) is 0 Å². The standard InChI is InChI=1S/C20H25F3N4O2/c1-5-29-19(28)16-11-27(25-18(16)20(21,22)23)10-14-6-7-17(24-13(14)3)26(4)9-15-8-12(15)2/h6-7,11-12,15H,5,8-10H2,1-4H3. The molecule has 0 spiro atoms. The summed E-state index contributed by atoms with van der Waals surface area (Å²) >= 11 is 0. The molecule has 9 heteroatoms. The fraction of sp³-hybridized carbons (Fsp3) is 0.550. The quantitative estimate of drug-likeness (QED) is 0.648. The van der Waals surface area contributed by atoms with Gasteiger partial charge in [-0.05, 0) is 43.7 Å². The van der Waals surface area contributed by atoms with Crippen LogP contribution in [0.15, 0.2) is 18.3 Å². The maximum absolute atomic E-state index is 13.3. The Kier molecular flexibility index (Phi) is 5.86. The van der Waals surface area contributed by atoms with Crippen LogP contribution in [0.2, 0.25) is 0 Å². The lowest BCUT2D eigenvalue weighted by molar-refractivity contribution is -0.142. The highest BCUT2D eigenvalue weighted by Gasteiger charge is 2.39.